The van der Waals surface area contributed by atoms with E-state index < -0.39 is 0 Å². The SMILES string of the molecule is COC(=O)C1=CCCC2(CCCO2)C1. The van der Waals surface area contributed by atoms with E-state index in [1.165, 1.54) is 7.11 Å². The van der Waals surface area contributed by atoms with Gasteiger partial charge in [0.2, 0.25) is 0 Å². The van der Waals surface area contributed by atoms with Gasteiger partial charge in [-0.25, -0.2) is 4.79 Å². The molecule has 0 saturated carbocycles. The van der Waals surface area contributed by atoms with Crippen molar-refractivity contribution in [1.29, 1.82) is 0 Å². The second-order valence-electron chi connectivity index (χ2n) is 4.07. The molecule has 0 aromatic heterocycles. The van der Waals surface area contributed by atoms with Crippen molar-refractivity contribution < 1.29 is 14.3 Å². The number of rotatable bonds is 1. The van der Waals surface area contributed by atoms with Gasteiger partial charge in [0.1, 0.15) is 0 Å². The minimum absolute atomic E-state index is 0.0434. The van der Waals surface area contributed by atoms with Crippen LogP contribution in [0.4, 0.5) is 0 Å². The Morgan fingerprint density at radius 3 is 3.07 bits per heavy atom. The highest BCUT2D eigenvalue weighted by atomic mass is 16.5. The monoisotopic (exact) mass is 196 g/mol. The summed E-state index contributed by atoms with van der Waals surface area (Å²) in [6, 6.07) is 0. The second kappa shape index (κ2) is 3.73. The number of allylic oxidation sites excluding steroid dienone is 1. The summed E-state index contributed by atoms with van der Waals surface area (Å²) in [4.78, 5) is 11.4. The van der Waals surface area contributed by atoms with Gasteiger partial charge in [-0.15, -0.1) is 0 Å². The lowest BCUT2D eigenvalue weighted by molar-refractivity contribution is -0.137. The first kappa shape index (κ1) is 9.71. The summed E-state index contributed by atoms with van der Waals surface area (Å²) in [5.41, 5.74) is 0.749. The predicted octanol–water partition coefficient (Wildman–Crippen LogP) is 1.82. The molecule has 0 radical (unpaired) electrons. The van der Waals surface area contributed by atoms with Gasteiger partial charge in [-0.05, 0) is 25.7 Å². The Labute approximate surface area is 84.1 Å². The molecular formula is C11H16O3. The molecule has 0 bridgehead atoms. The van der Waals surface area contributed by atoms with Crippen molar-refractivity contribution in [3.63, 3.8) is 0 Å². The van der Waals surface area contributed by atoms with E-state index in [0.717, 1.165) is 44.3 Å². The molecule has 3 heteroatoms. The summed E-state index contributed by atoms with van der Waals surface area (Å²) in [6.07, 6.45) is 6.91. The molecule has 1 heterocycles. The van der Waals surface area contributed by atoms with Crippen LogP contribution in [0.3, 0.4) is 0 Å². The highest BCUT2D eigenvalue weighted by Gasteiger charge is 2.38. The maximum Gasteiger partial charge on any atom is 0.333 e. The number of hydrogen-bond acceptors (Lipinski definition) is 3. The molecular weight excluding hydrogens is 180 g/mol. The highest BCUT2D eigenvalue weighted by molar-refractivity contribution is 5.88. The van der Waals surface area contributed by atoms with Gasteiger partial charge in [0.15, 0.2) is 0 Å². The van der Waals surface area contributed by atoms with Gasteiger partial charge in [-0.1, -0.05) is 6.08 Å². The van der Waals surface area contributed by atoms with E-state index in [1.807, 2.05) is 6.08 Å². The van der Waals surface area contributed by atoms with Crippen LogP contribution in [0.15, 0.2) is 11.6 Å². The van der Waals surface area contributed by atoms with E-state index >= 15 is 0 Å². The lowest BCUT2D eigenvalue weighted by Crippen LogP contribution is -2.32. The molecule has 1 unspecified atom stereocenters. The second-order valence-corrected chi connectivity index (χ2v) is 4.07. The average Bonchev–Trinajstić information content (AvgIpc) is 2.65. The topological polar surface area (TPSA) is 35.5 Å². The van der Waals surface area contributed by atoms with Gasteiger partial charge in [0.05, 0.1) is 12.7 Å². The summed E-state index contributed by atoms with van der Waals surface area (Å²) in [7, 11) is 1.43. The van der Waals surface area contributed by atoms with Crippen molar-refractivity contribution in [2.75, 3.05) is 13.7 Å². The molecule has 3 nitrogen and oxygen atoms in total. The summed E-state index contributed by atoms with van der Waals surface area (Å²) >= 11 is 0. The Balaban J connectivity index is 2.08. The Morgan fingerprint density at radius 1 is 1.57 bits per heavy atom. The zero-order chi connectivity index (χ0) is 10.0. The average molecular weight is 196 g/mol. The van der Waals surface area contributed by atoms with Crippen molar-refractivity contribution in [3.05, 3.63) is 11.6 Å². The lowest BCUT2D eigenvalue weighted by atomic mass is 9.82. The molecule has 0 aromatic rings. The minimum Gasteiger partial charge on any atom is -0.466 e. The van der Waals surface area contributed by atoms with E-state index in [2.05, 4.69) is 0 Å². The largest absolute Gasteiger partial charge is 0.466 e. The van der Waals surface area contributed by atoms with Crippen molar-refractivity contribution in [2.24, 2.45) is 0 Å². The number of methoxy groups -OCH3 is 1. The van der Waals surface area contributed by atoms with Gasteiger partial charge >= 0.3 is 5.97 Å². The Hall–Kier alpha value is -0.830. The number of carbonyl (C=O) groups is 1. The van der Waals surface area contributed by atoms with Crippen LogP contribution >= 0.6 is 0 Å². The fourth-order valence-electron chi connectivity index (χ4n) is 2.40. The lowest BCUT2D eigenvalue weighted by Gasteiger charge is -2.31. The van der Waals surface area contributed by atoms with Crippen LogP contribution in [-0.2, 0) is 14.3 Å². The van der Waals surface area contributed by atoms with Crippen molar-refractivity contribution in [2.45, 2.75) is 37.7 Å². The standard InChI is InChI=1S/C11H16O3/c1-13-10(12)9-4-2-5-11(8-9)6-3-7-14-11/h4H,2-3,5-8H2,1H3. The van der Waals surface area contributed by atoms with Crippen LogP contribution in [0.2, 0.25) is 0 Å². The van der Waals surface area contributed by atoms with Gasteiger partial charge < -0.3 is 9.47 Å². The predicted molar refractivity (Wildman–Crippen MR) is 51.9 cm³/mol. The molecule has 78 valence electrons. The van der Waals surface area contributed by atoms with E-state index in [1.54, 1.807) is 0 Å². The molecule has 0 amide bonds. The quantitative estimate of drug-likeness (QED) is 0.600. The molecule has 2 aliphatic rings. The Morgan fingerprint density at radius 2 is 2.43 bits per heavy atom. The fourth-order valence-corrected chi connectivity index (χ4v) is 2.40. The van der Waals surface area contributed by atoms with Crippen LogP contribution in [0, 0.1) is 0 Å². The van der Waals surface area contributed by atoms with Crippen LogP contribution in [0.1, 0.15) is 32.1 Å². The van der Waals surface area contributed by atoms with Crippen LogP contribution in [0.5, 0.6) is 0 Å². The Kier molecular flexibility index (Phi) is 2.59. The molecule has 1 spiro atoms. The molecule has 1 fully saturated rings. The molecule has 0 N–H and O–H groups in total. The molecule has 1 aliphatic heterocycles. The molecule has 0 aromatic carbocycles. The molecule has 1 atom stereocenters. The third kappa shape index (κ3) is 1.69. The Bertz CT molecular complexity index is 262. The van der Waals surface area contributed by atoms with Gasteiger partial charge in [0, 0.05) is 18.6 Å². The third-order valence-electron chi connectivity index (χ3n) is 3.14. The zero-order valence-electron chi connectivity index (χ0n) is 8.54. The van der Waals surface area contributed by atoms with Crippen LogP contribution in [0.25, 0.3) is 0 Å². The fraction of sp³-hybridized carbons (Fsp3) is 0.727. The number of esters is 1. The molecule has 1 aliphatic carbocycles. The number of hydrogen-bond donors (Lipinski definition) is 0. The molecule has 14 heavy (non-hydrogen) atoms. The first-order valence-electron chi connectivity index (χ1n) is 5.17. The number of carbonyl (C=O) groups excluding carboxylic acids is 1. The first-order chi connectivity index (χ1) is 6.76. The van der Waals surface area contributed by atoms with Gasteiger partial charge in [-0.3, -0.25) is 0 Å². The van der Waals surface area contributed by atoms with E-state index in [4.69, 9.17) is 9.47 Å². The first-order valence-corrected chi connectivity index (χ1v) is 5.17. The van der Waals surface area contributed by atoms with Crippen molar-refractivity contribution in [3.8, 4) is 0 Å². The van der Waals surface area contributed by atoms with Gasteiger partial charge in [-0.2, -0.15) is 0 Å². The molecule has 2 rings (SSSR count). The normalized spacial score (nSPS) is 31.6. The highest BCUT2D eigenvalue weighted by Crippen LogP contribution is 2.39. The van der Waals surface area contributed by atoms with Crippen molar-refractivity contribution >= 4 is 5.97 Å². The van der Waals surface area contributed by atoms with Crippen LogP contribution in [-0.4, -0.2) is 25.3 Å². The number of ether oxygens (including phenoxy) is 2. The van der Waals surface area contributed by atoms with E-state index in [-0.39, 0.29) is 11.6 Å². The summed E-state index contributed by atoms with van der Waals surface area (Å²) in [5, 5.41) is 0. The summed E-state index contributed by atoms with van der Waals surface area (Å²) < 4.78 is 10.5. The summed E-state index contributed by atoms with van der Waals surface area (Å²) in [5.74, 6) is -0.195. The smallest absolute Gasteiger partial charge is 0.333 e. The van der Waals surface area contributed by atoms with Crippen molar-refractivity contribution in [1.82, 2.24) is 0 Å². The third-order valence-corrected chi connectivity index (χ3v) is 3.14. The maximum atomic E-state index is 11.4. The minimum atomic E-state index is -0.195. The van der Waals surface area contributed by atoms with E-state index in [0.29, 0.717) is 0 Å². The molecule has 1 saturated heterocycles. The summed E-state index contributed by atoms with van der Waals surface area (Å²) in [6.45, 7) is 0.842. The maximum absolute atomic E-state index is 11.4. The van der Waals surface area contributed by atoms with Crippen LogP contribution < -0.4 is 0 Å². The zero-order valence-corrected chi connectivity index (χ0v) is 8.54. The van der Waals surface area contributed by atoms with E-state index in [9.17, 15) is 4.79 Å². The van der Waals surface area contributed by atoms with Gasteiger partial charge in [0.25, 0.3) is 0 Å².